The van der Waals surface area contributed by atoms with E-state index in [2.05, 4.69) is 28.5 Å². The smallest absolute Gasteiger partial charge is 0.154 e. The number of hydrogen-bond acceptors (Lipinski definition) is 3. The van der Waals surface area contributed by atoms with E-state index in [0.29, 0.717) is 23.5 Å². The third-order valence-corrected chi connectivity index (χ3v) is 5.28. The maximum Gasteiger partial charge on any atom is 0.154 e. The van der Waals surface area contributed by atoms with E-state index in [-0.39, 0.29) is 5.84 Å². The quantitative estimate of drug-likeness (QED) is 0.242. The average Bonchev–Trinajstić information content (AvgIpc) is 2.87. The fraction of sp³-hybridized carbons (Fsp3) is 0.0714. The summed E-state index contributed by atoms with van der Waals surface area (Å²) in [5, 5.41) is 12.1. The number of amidine groups is 2. The van der Waals surface area contributed by atoms with Crippen LogP contribution in [0.4, 0.5) is 0 Å². The lowest BCUT2D eigenvalue weighted by molar-refractivity contribution is 0.112. The lowest BCUT2D eigenvalue weighted by Crippen LogP contribution is -2.27. The van der Waals surface area contributed by atoms with Crippen LogP contribution in [-0.2, 0) is 6.54 Å². The number of carbonyl (C=O) groups excluding carboxylic acids is 1. The van der Waals surface area contributed by atoms with Crippen molar-refractivity contribution in [3.63, 3.8) is 0 Å². The molecule has 0 radical (unpaired) electrons. The van der Waals surface area contributed by atoms with Gasteiger partial charge in [-0.1, -0.05) is 72.8 Å². The summed E-state index contributed by atoms with van der Waals surface area (Å²) < 4.78 is 0. The highest BCUT2D eigenvalue weighted by Crippen LogP contribution is 2.26. The predicted octanol–water partition coefficient (Wildman–Crippen LogP) is 5.43. The van der Waals surface area contributed by atoms with Crippen LogP contribution in [0.5, 0.6) is 0 Å². The highest BCUT2D eigenvalue weighted by molar-refractivity contribution is 6.13. The molecule has 1 aromatic heterocycles. The number of aryl methyl sites for hydroxylation is 1. The van der Waals surface area contributed by atoms with Crippen LogP contribution in [0.2, 0.25) is 0 Å². The highest BCUT2D eigenvalue weighted by atomic mass is 16.1. The Kier molecular flexibility index (Phi) is 6.81. The molecule has 1 heterocycles. The molecule has 33 heavy (non-hydrogen) atoms. The largest absolute Gasteiger partial charge is 0.364 e. The van der Waals surface area contributed by atoms with Gasteiger partial charge in [-0.15, -0.1) is 0 Å². The summed E-state index contributed by atoms with van der Waals surface area (Å²) >= 11 is 0. The van der Waals surface area contributed by atoms with Gasteiger partial charge in [0.1, 0.15) is 12.1 Å². The average molecular weight is 433 g/mol. The molecule has 5 heteroatoms. The number of carbonyl (C=O) groups is 1. The SMILES string of the molecule is Cc1cccc(-c2ccccc2)c1/C(=N\C(=N)c1cccc(C=O)c1)NCc1ccccn1. The van der Waals surface area contributed by atoms with E-state index in [1.165, 1.54) is 0 Å². The summed E-state index contributed by atoms with van der Waals surface area (Å²) in [6.07, 6.45) is 2.53. The standard InChI is InChI=1S/C28H24N4O/c1-20-9-7-15-25(22-11-3-2-4-12-22)26(20)28(31-18-24-14-5-6-16-30-24)32-27(29)23-13-8-10-21(17-23)19-33/h2-17,19H,18H2,1H3,(H2,29,31,32). The Balaban J connectivity index is 1.80. The van der Waals surface area contributed by atoms with Crippen LogP contribution in [-0.4, -0.2) is 22.9 Å². The van der Waals surface area contributed by atoms with E-state index < -0.39 is 0 Å². The Morgan fingerprint density at radius 1 is 0.970 bits per heavy atom. The first-order valence-electron chi connectivity index (χ1n) is 10.7. The van der Waals surface area contributed by atoms with Gasteiger partial charge in [0.2, 0.25) is 0 Å². The van der Waals surface area contributed by atoms with Crippen LogP contribution in [0.1, 0.15) is 32.7 Å². The minimum absolute atomic E-state index is 0.0736. The molecular formula is C28H24N4O. The molecule has 0 unspecified atom stereocenters. The van der Waals surface area contributed by atoms with Crippen LogP contribution in [0.3, 0.4) is 0 Å². The second-order valence-electron chi connectivity index (χ2n) is 7.59. The molecule has 4 aromatic rings. The minimum atomic E-state index is 0.0736. The first kappa shape index (κ1) is 21.8. The number of pyridine rings is 1. The van der Waals surface area contributed by atoms with Crippen LogP contribution < -0.4 is 5.32 Å². The molecule has 162 valence electrons. The lowest BCUT2D eigenvalue weighted by atomic mass is 9.95. The number of rotatable bonds is 6. The molecule has 0 aliphatic heterocycles. The van der Waals surface area contributed by atoms with Gasteiger partial charge < -0.3 is 5.32 Å². The molecule has 3 aromatic carbocycles. The van der Waals surface area contributed by atoms with Crippen LogP contribution in [0, 0.1) is 12.3 Å². The van der Waals surface area contributed by atoms with Gasteiger partial charge in [0.05, 0.1) is 12.2 Å². The van der Waals surface area contributed by atoms with Crippen molar-refractivity contribution < 1.29 is 4.79 Å². The molecule has 0 bridgehead atoms. The van der Waals surface area contributed by atoms with E-state index in [9.17, 15) is 4.79 Å². The highest BCUT2D eigenvalue weighted by Gasteiger charge is 2.15. The molecule has 0 saturated heterocycles. The third kappa shape index (κ3) is 5.28. The fourth-order valence-corrected chi connectivity index (χ4v) is 3.64. The van der Waals surface area contributed by atoms with Gasteiger partial charge in [0, 0.05) is 22.9 Å². The van der Waals surface area contributed by atoms with E-state index in [0.717, 1.165) is 34.2 Å². The number of benzene rings is 3. The minimum Gasteiger partial charge on any atom is -0.364 e. The Hall–Kier alpha value is -4.38. The first-order valence-corrected chi connectivity index (χ1v) is 10.7. The van der Waals surface area contributed by atoms with Gasteiger partial charge in [-0.3, -0.25) is 15.2 Å². The van der Waals surface area contributed by atoms with Crippen LogP contribution in [0.15, 0.2) is 102 Å². The topological polar surface area (TPSA) is 78.2 Å². The molecule has 0 fully saturated rings. The van der Waals surface area contributed by atoms with Crippen molar-refractivity contribution in [1.29, 1.82) is 5.41 Å². The predicted molar refractivity (Wildman–Crippen MR) is 133 cm³/mol. The number of nitrogens with one attached hydrogen (secondary N) is 2. The molecule has 5 nitrogen and oxygen atoms in total. The number of aromatic nitrogens is 1. The molecule has 0 aliphatic rings. The molecule has 0 aliphatic carbocycles. The molecule has 4 rings (SSSR count). The number of hydrogen-bond donors (Lipinski definition) is 2. The molecule has 0 amide bonds. The first-order chi connectivity index (χ1) is 16.2. The van der Waals surface area contributed by atoms with Gasteiger partial charge in [0.25, 0.3) is 0 Å². The lowest BCUT2D eigenvalue weighted by Gasteiger charge is -2.17. The normalized spacial score (nSPS) is 11.1. The van der Waals surface area contributed by atoms with E-state index in [1.54, 1.807) is 30.5 Å². The van der Waals surface area contributed by atoms with Gasteiger partial charge in [0.15, 0.2) is 5.84 Å². The van der Waals surface area contributed by atoms with Gasteiger partial charge in [-0.2, -0.15) is 0 Å². The summed E-state index contributed by atoms with van der Waals surface area (Å²) in [6, 6.07) is 28.9. The second kappa shape index (κ2) is 10.3. The Bertz CT molecular complexity index is 1300. The zero-order valence-corrected chi connectivity index (χ0v) is 18.3. The number of aliphatic imine (C=N–C) groups is 1. The zero-order chi connectivity index (χ0) is 23.0. The van der Waals surface area contributed by atoms with Crippen molar-refractivity contribution in [2.24, 2.45) is 4.99 Å². The number of aldehydes is 1. The van der Waals surface area contributed by atoms with Crippen molar-refractivity contribution in [1.82, 2.24) is 10.3 Å². The van der Waals surface area contributed by atoms with Crippen molar-refractivity contribution >= 4 is 18.0 Å². The molecule has 0 saturated carbocycles. The molecular weight excluding hydrogens is 408 g/mol. The second-order valence-corrected chi connectivity index (χ2v) is 7.59. The third-order valence-electron chi connectivity index (χ3n) is 5.28. The van der Waals surface area contributed by atoms with Gasteiger partial charge >= 0.3 is 0 Å². The Labute approximate surface area is 193 Å². The summed E-state index contributed by atoms with van der Waals surface area (Å²) in [4.78, 5) is 20.3. The maximum absolute atomic E-state index is 11.2. The number of nitrogens with zero attached hydrogens (tertiary/aromatic N) is 2. The van der Waals surface area contributed by atoms with Gasteiger partial charge in [-0.05, 0) is 41.8 Å². The molecule has 0 atom stereocenters. The van der Waals surface area contributed by atoms with Crippen LogP contribution >= 0.6 is 0 Å². The fourth-order valence-electron chi connectivity index (χ4n) is 3.64. The summed E-state index contributed by atoms with van der Waals surface area (Å²) in [6.45, 7) is 2.50. The van der Waals surface area contributed by atoms with Crippen molar-refractivity contribution in [2.45, 2.75) is 13.5 Å². The molecule has 2 N–H and O–H groups in total. The van der Waals surface area contributed by atoms with E-state index >= 15 is 0 Å². The Morgan fingerprint density at radius 3 is 2.52 bits per heavy atom. The van der Waals surface area contributed by atoms with Crippen molar-refractivity contribution in [3.05, 3.63) is 125 Å². The summed E-state index contributed by atoms with van der Waals surface area (Å²) in [5.41, 5.74) is 6.02. The summed E-state index contributed by atoms with van der Waals surface area (Å²) in [5.74, 6) is 0.656. The van der Waals surface area contributed by atoms with Gasteiger partial charge in [-0.25, -0.2) is 4.99 Å². The summed E-state index contributed by atoms with van der Waals surface area (Å²) in [7, 11) is 0. The zero-order valence-electron chi connectivity index (χ0n) is 18.3. The van der Waals surface area contributed by atoms with E-state index in [1.807, 2.05) is 55.5 Å². The molecule has 0 spiro atoms. The Morgan fingerprint density at radius 2 is 1.76 bits per heavy atom. The van der Waals surface area contributed by atoms with Crippen molar-refractivity contribution in [3.8, 4) is 11.1 Å². The van der Waals surface area contributed by atoms with Crippen molar-refractivity contribution in [2.75, 3.05) is 0 Å². The maximum atomic E-state index is 11.2. The van der Waals surface area contributed by atoms with Crippen LogP contribution in [0.25, 0.3) is 11.1 Å². The monoisotopic (exact) mass is 432 g/mol. The van der Waals surface area contributed by atoms with E-state index in [4.69, 9.17) is 10.4 Å².